The summed E-state index contributed by atoms with van der Waals surface area (Å²) < 4.78 is 0. The molecule has 2 rings (SSSR count). The largest absolute Gasteiger partial charge is 0.396 e. The molecular weight excluding hydrogens is 216 g/mol. The maximum absolute atomic E-state index is 12.0. The Morgan fingerprint density at radius 1 is 1.53 bits per heavy atom. The monoisotopic (exact) mass is 234 g/mol. The van der Waals surface area contributed by atoms with E-state index in [2.05, 4.69) is 4.98 Å². The van der Waals surface area contributed by atoms with Gasteiger partial charge >= 0.3 is 0 Å². The number of aliphatic hydroxyl groups is 1. The Morgan fingerprint density at radius 2 is 2.29 bits per heavy atom. The Kier molecular flexibility index (Phi) is 3.15. The van der Waals surface area contributed by atoms with Crippen molar-refractivity contribution in [1.82, 2.24) is 9.88 Å². The molecule has 1 saturated heterocycles. The van der Waals surface area contributed by atoms with Crippen molar-refractivity contribution in [2.45, 2.75) is 32.4 Å². The first kappa shape index (κ1) is 12.0. The highest BCUT2D eigenvalue weighted by Crippen LogP contribution is 2.35. The van der Waals surface area contributed by atoms with Crippen molar-refractivity contribution in [2.24, 2.45) is 5.92 Å². The zero-order valence-electron chi connectivity index (χ0n) is 10.3. The lowest BCUT2D eigenvalue weighted by atomic mass is 9.89. The Hall–Kier alpha value is -1.42. The second kappa shape index (κ2) is 4.45. The summed E-state index contributed by atoms with van der Waals surface area (Å²) in [7, 11) is 0. The molecule has 0 bridgehead atoms. The average molecular weight is 234 g/mol. The molecule has 1 aromatic rings. The van der Waals surface area contributed by atoms with Crippen molar-refractivity contribution in [1.29, 1.82) is 0 Å². The van der Waals surface area contributed by atoms with E-state index in [9.17, 15) is 9.90 Å². The Morgan fingerprint density at radius 3 is 2.82 bits per heavy atom. The molecule has 0 saturated carbocycles. The number of aliphatic hydroxyl groups excluding tert-OH is 1. The maximum atomic E-state index is 12.0. The molecule has 4 heteroatoms. The van der Waals surface area contributed by atoms with Crippen molar-refractivity contribution < 1.29 is 9.90 Å². The summed E-state index contributed by atoms with van der Waals surface area (Å²) in [5.74, 6) is 0.110. The fourth-order valence-electron chi connectivity index (χ4n) is 2.35. The summed E-state index contributed by atoms with van der Waals surface area (Å²) >= 11 is 0. The van der Waals surface area contributed by atoms with Gasteiger partial charge in [-0.3, -0.25) is 9.78 Å². The first-order valence-electron chi connectivity index (χ1n) is 5.87. The number of nitrogens with zero attached hydrogens (tertiary/aromatic N) is 2. The zero-order valence-corrected chi connectivity index (χ0v) is 10.3. The summed E-state index contributed by atoms with van der Waals surface area (Å²) in [5.41, 5.74) is 0.580. The van der Waals surface area contributed by atoms with Crippen LogP contribution in [-0.2, 0) is 11.3 Å². The van der Waals surface area contributed by atoms with Crippen LogP contribution in [0, 0.1) is 5.92 Å². The standard InChI is InChI=1S/C13H18N2O2/c1-13(2)10(9-16)7-12(17)15(13)8-11-5-3-4-6-14-11/h3-6,10,16H,7-9H2,1-2H3. The summed E-state index contributed by atoms with van der Waals surface area (Å²) in [5, 5.41) is 9.31. The molecule has 17 heavy (non-hydrogen) atoms. The number of rotatable bonds is 3. The van der Waals surface area contributed by atoms with Gasteiger partial charge in [0, 0.05) is 30.7 Å². The van der Waals surface area contributed by atoms with Crippen LogP contribution >= 0.6 is 0 Å². The Labute approximate surface area is 101 Å². The molecule has 0 aliphatic carbocycles. The molecule has 1 aliphatic heterocycles. The summed E-state index contributed by atoms with van der Waals surface area (Å²) in [4.78, 5) is 18.0. The SMILES string of the molecule is CC1(C)C(CO)CC(=O)N1Cc1ccccn1. The van der Waals surface area contributed by atoms with Gasteiger partial charge in [-0.05, 0) is 26.0 Å². The lowest BCUT2D eigenvalue weighted by molar-refractivity contribution is -0.131. The van der Waals surface area contributed by atoms with E-state index >= 15 is 0 Å². The third-order valence-corrected chi connectivity index (χ3v) is 3.68. The molecule has 0 aromatic carbocycles. The van der Waals surface area contributed by atoms with Gasteiger partial charge in [0.05, 0.1) is 12.2 Å². The molecule has 92 valence electrons. The van der Waals surface area contributed by atoms with E-state index in [1.54, 1.807) is 6.20 Å². The Bertz CT molecular complexity index is 403. The third-order valence-electron chi connectivity index (χ3n) is 3.68. The first-order chi connectivity index (χ1) is 8.05. The van der Waals surface area contributed by atoms with Gasteiger partial charge in [0.15, 0.2) is 0 Å². The molecule has 1 N–H and O–H groups in total. The number of pyridine rings is 1. The lowest BCUT2D eigenvalue weighted by Gasteiger charge is -2.35. The molecule has 0 spiro atoms. The van der Waals surface area contributed by atoms with Crippen LogP contribution in [0.3, 0.4) is 0 Å². The van der Waals surface area contributed by atoms with Crippen LogP contribution in [0.2, 0.25) is 0 Å². The molecule has 1 fully saturated rings. The molecule has 4 nitrogen and oxygen atoms in total. The zero-order chi connectivity index (χ0) is 12.5. The predicted octanol–water partition coefficient (Wildman–Crippen LogP) is 1.20. The van der Waals surface area contributed by atoms with Crippen LogP contribution in [0.1, 0.15) is 26.0 Å². The van der Waals surface area contributed by atoms with E-state index in [0.717, 1.165) is 5.69 Å². The minimum atomic E-state index is -0.302. The normalized spacial score (nSPS) is 23.1. The van der Waals surface area contributed by atoms with Crippen molar-refractivity contribution >= 4 is 5.91 Å². The van der Waals surface area contributed by atoms with Gasteiger partial charge in [0.2, 0.25) is 5.91 Å². The van der Waals surface area contributed by atoms with E-state index in [1.165, 1.54) is 0 Å². The molecule has 0 radical (unpaired) electrons. The Balaban J connectivity index is 2.18. The second-order valence-electron chi connectivity index (χ2n) is 5.04. The molecule has 1 amide bonds. The summed E-state index contributed by atoms with van der Waals surface area (Å²) in [6.07, 6.45) is 2.16. The van der Waals surface area contributed by atoms with Gasteiger partial charge in [-0.25, -0.2) is 0 Å². The van der Waals surface area contributed by atoms with Gasteiger partial charge in [-0.15, -0.1) is 0 Å². The van der Waals surface area contributed by atoms with E-state index in [1.807, 2.05) is 36.9 Å². The highest BCUT2D eigenvalue weighted by molar-refractivity contribution is 5.80. The van der Waals surface area contributed by atoms with Gasteiger partial charge in [-0.1, -0.05) is 6.07 Å². The fourth-order valence-corrected chi connectivity index (χ4v) is 2.35. The number of likely N-dealkylation sites (tertiary alicyclic amines) is 1. The van der Waals surface area contributed by atoms with Gasteiger partial charge in [0.25, 0.3) is 0 Å². The van der Waals surface area contributed by atoms with Gasteiger partial charge < -0.3 is 10.0 Å². The van der Waals surface area contributed by atoms with Gasteiger partial charge in [0.1, 0.15) is 0 Å². The first-order valence-corrected chi connectivity index (χ1v) is 5.87. The lowest BCUT2D eigenvalue weighted by Crippen LogP contribution is -2.44. The van der Waals surface area contributed by atoms with Crippen LogP contribution in [-0.4, -0.2) is 33.0 Å². The van der Waals surface area contributed by atoms with Crippen molar-refractivity contribution in [3.05, 3.63) is 30.1 Å². The number of hydrogen-bond acceptors (Lipinski definition) is 3. The average Bonchev–Trinajstić information content (AvgIpc) is 2.53. The number of hydrogen-bond donors (Lipinski definition) is 1. The van der Waals surface area contributed by atoms with Crippen molar-refractivity contribution in [3.63, 3.8) is 0 Å². The molecule has 1 aliphatic rings. The van der Waals surface area contributed by atoms with Gasteiger partial charge in [-0.2, -0.15) is 0 Å². The van der Waals surface area contributed by atoms with Crippen molar-refractivity contribution in [3.8, 4) is 0 Å². The topological polar surface area (TPSA) is 53.4 Å². The van der Waals surface area contributed by atoms with E-state index in [0.29, 0.717) is 13.0 Å². The quantitative estimate of drug-likeness (QED) is 0.855. The maximum Gasteiger partial charge on any atom is 0.223 e. The molecule has 1 aromatic heterocycles. The molecule has 2 heterocycles. The number of carbonyl (C=O) groups excluding carboxylic acids is 1. The second-order valence-corrected chi connectivity index (χ2v) is 5.04. The highest BCUT2D eigenvalue weighted by Gasteiger charge is 2.45. The van der Waals surface area contributed by atoms with E-state index in [4.69, 9.17) is 0 Å². The van der Waals surface area contributed by atoms with Crippen LogP contribution in [0.4, 0.5) is 0 Å². The van der Waals surface area contributed by atoms with Crippen molar-refractivity contribution in [2.75, 3.05) is 6.61 Å². The smallest absolute Gasteiger partial charge is 0.223 e. The highest BCUT2D eigenvalue weighted by atomic mass is 16.3. The van der Waals surface area contributed by atoms with Crippen LogP contribution in [0.25, 0.3) is 0 Å². The summed E-state index contributed by atoms with van der Waals surface area (Å²) in [6.45, 7) is 4.57. The van der Waals surface area contributed by atoms with Crippen LogP contribution < -0.4 is 0 Å². The molecular formula is C13H18N2O2. The minimum absolute atomic E-state index is 0.0127. The third kappa shape index (κ3) is 2.17. The van der Waals surface area contributed by atoms with E-state index in [-0.39, 0.29) is 24.0 Å². The fraction of sp³-hybridized carbons (Fsp3) is 0.538. The summed E-state index contributed by atoms with van der Waals surface area (Å²) in [6, 6.07) is 5.69. The predicted molar refractivity (Wildman–Crippen MR) is 64.1 cm³/mol. The van der Waals surface area contributed by atoms with E-state index < -0.39 is 0 Å². The molecule has 1 unspecified atom stereocenters. The number of aromatic nitrogens is 1. The molecule has 1 atom stereocenters. The van der Waals surface area contributed by atoms with Crippen LogP contribution in [0.5, 0.6) is 0 Å². The number of amides is 1. The number of carbonyl (C=O) groups is 1. The minimum Gasteiger partial charge on any atom is -0.396 e. The van der Waals surface area contributed by atoms with Crippen LogP contribution in [0.15, 0.2) is 24.4 Å².